The molecule has 1 saturated carbocycles. The highest BCUT2D eigenvalue weighted by Gasteiger charge is 2.42. The molecule has 5 nitrogen and oxygen atoms in total. The van der Waals surface area contributed by atoms with Gasteiger partial charge >= 0.3 is 0 Å². The largest absolute Gasteiger partial charge is 0.493 e. The quantitative estimate of drug-likeness (QED) is 0.732. The molecule has 28 heavy (non-hydrogen) atoms. The Morgan fingerprint density at radius 2 is 1.75 bits per heavy atom. The third-order valence-electron chi connectivity index (χ3n) is 5.54. The zero-order chi connectivity index (χ0) is 20.1. The number of rotatable bonds is 7. The van der Waals surface area contributed by atoms with Crippen molar-refractivity contribution in [2.75, 3.05) is 20.8 Å². The number of halogens is 1. The highest BCUT2D eigenvalue weighted by atomic mass is 35.5. The fourth-order valence-corrected chi connectivity index (χ4v) is 4.06. The maximum absolute atomic E-state index is 13.1. The number of nitrogens with one attached hydrogen (secondary N) is 1. The summed E-state index contributed by atoms with van der Waals surface area (Å²) < 4.78 is 10.5. The minimum atomic E-state index is -0.840. The van der Waals surface area contributed by atoms with E-state index in [1.165, 1.54) is 0 Å². The number of carbonyl (C=O) groups excluding carboxylic acids is 1. The second kappa shape index (κ2) is 8.84. The van der Waals surface area contributed by atoms with Crippen LogP contribution in [0, 0.1) is 0 Å². The van der Waals surface area contributed by atoms with Crippen molar-refractivity contribution in [3.8, 4) is 11.5 Å². The van der Waals surface area contributed by atoms with Gasteiger partial charge in [0.15, 0.2) is 11.5 Å². The van der Waals surface area contributed by atoms with Crippen LogP contribution >= 0.6 is 11.6 Å². The van der Waals surface area contributed by atoms with Gasteiger partial charge in [0.2, 0.25) is 5.91 Å². The Morgan fingerprint density at radius 1 is 1.11 bits per heavy atom. The van der Waals surface area contributed by atoms with Crippen LogP contribution < -0.4 is 14.8 Å². The number of methoxy groups -OCH3 is 2. The van der Waals surface area contributed by atoms with Crippen molar-refractivity contribution in [1.82, 2.24) is 5.32 Å². The normalized spacial score (nSPS) is 16.4. The standard InChI is InChI=1S/C22H26ClNO4/c1-27-19-10-5-15(13-20(19)28-2)18(25)14-24-21(26)22(11-3-4-12-22)16-6-8-17(23)9-7-16/h5-10,13,18,25H,3-4,11-12,14H2,1-2H3,(H,24,26). The van der Waals surface area contributed by atoms with Gasteiger partial charge in [0, 0.05) is 11.6 Å². The van der Waals surface area contributed by atoms with E-state index in [4.69, 9.17) is 21.1 Å². The van der Waals surface area contributed by atoms with Crippen LogP contribution in [0.5, 0.6) is 11.5 Å². The van der Waals surface area contributed by atoms with Gasteiger partial charge in [-0.05, 0) is 48.2 Å². The van der Waals surface area contributed by atoms with Gasteiger partial charge in [-0.2, -0.15) is 0 Å². The van der Waals surface area contributed by atoms with E-state index in [0.29, 0.717) is 22.1 Å². The predicted molar refractivity (Wildman–Crippen MR) is 109 cm³/mol. The van der Waals surface area contributed by atoms with Crippen LogP contribution in [0.2, 0.25) is 5.02 Å². The zero-order valence-electron chi connectivity index (χ0n) is 16.2. The lowest BCUT2D eigenvalue weighted by Gasteiger charge is -2.29. The van der Waals surface area contributed by atoms with Gasteiger partial charge in [-0.3, -0.25) is 4.79 Å². The van der Waals surface area contributed by atoms with Crippen molar-refractivity contribution in [1.29, 1.82) is 0 Å². The highest BCUT2D eigenvalue weighted by Crippen LogP contribution is 2.41. The molecule has 0 bridgehead atoms. The Labute approximate surface area is 170 Å². The van der Waals surface area contributed by atoms with Crippen LogP contribution in [0.3, 0.4) is 0 Å². The number of aliphatic hydroxyl groups is 1. The van der Waals surface area contributed by atoms with Crippen LogP contribution in [0.15, 0.2) is 42.5 Å². The number of aliphatic hydroxyl groups excluding tert-OH is 1. The molecule has 2 N–H and O–H groups in total. The van der Waals surface area contributed by atoms with Crippen molar-refractivity contribution >= 4 is 17.5 Å². The summed E-state index contributed by atoms with van der Waals surface area (Å²) in [5, 5.41) is 14.2. The Bertz CT molecular complexity index is 816. The number of benzene rings is 2. The van der Waals surface area contributed by atoms with Gasteiger partial charge < -0.3 is 19.9 Å². The molecule has 0 aliphatic heterocycles. The number of ether oxygens (including phenoxy) is 2. The maximum atomic E-state index is 13.1. The third kappa shape index (κ3) is 4.10. The van der Waals surface area contributed by atoms with Crippen molar-refractivity contribution in [2.24, 2.45) is 0 Å². The van der Waals surface area contributed by atoms with E-state index in [1.54, 1.807) is 32.4 Å². The summed E-state index contributed by atoms with van der Waals surface area (Å²) in [6, 6.07) is 12.7. The second-order valence-corrected chi connectivity index (χ2v) is 7.57. The van der Waals surface area contributed by atoms with Gasteiger partial charge in [-0.1, -0.05) is 42.6 Å². The Kier molecular flexibility index (Phi) is 6.47. The Hall–Kier alpha value is -2.24. The predicted octanol–water partition coefficient (Wildman–Crippen LogP) is 4.02. The van der Waals surface area contributed by atoms with Gasteiger partial charge in [0.1, 0.15) is 0 Å². The lowest BCUT2D eigenvalue weighted by molar-refractivity contribution is -0.127. The molecule has 0 heterocycles. The van der Waals surface area contributed by atoms with Crippen LogP contribution in [0.4, 0.5) is 0 Å². The van der Waals surface area contributed by atoms with E-state index < -0.39 is 11.5 Å². The first-order chi connectivity index (χ1) is 13.5. The molecule has 1 unspecified atom stereocenters. The molecule has 2 aromatic carbocycles. The summed E-state index contributed by atoms with van der Waals surface area (Å²) in [7, 11) is 3.11. The first-order valence-corrected chi connectivity index (χ1v) is 9.82. The average molecular weight is 404 g/mol. The fourth-order valence-electron chi connectivity index (χ4n) is 3.93. The lowest BCUT2D eigenvalue weighted by atomic mass is 9.78. The molecule has 0 spiro atoms. The van der Waals surface area contributed by atoms with Crippen molar-refractivity contribution in [3.05, 3.63) is 58.6 Å². The smallest absolute Gasteiger partial charge is 0.230 e. The molecular formula is C22H26ClNO4. The summed E-state index contributed by atoms with van der Waals surface area (Å²) in [6.07, 6.45) is 2.77. The number of amides is 1. The highest BCUT2D eigenvalue weighted by molar-refractivity contribution is 6.30. The molecule has 0 aromatic heterocycles. The van der Waals surface area contributed by atoms with Crippen molar-refractivity contribution in [2.45, 2.75) is 37.2 Å². The molecule has 0 saturated heterocycles. The third-order valence-corrected chi connectivity index (χ3v) is 5.79. The van der Waals surface area contributed by atoms with Crippen LogP contribution in [-0.2, 0) is 10.2 Å². The molecule has 1 aliphatic rings. The summed E-state index contributed by atoms with van der Waals surface area (Å²) >= 11 is 6.01. The van der Waals surface area contributed by atoms with Crippen LogP contribution in [0.1, 0.15) is 42.9 Å². The fraction of sp³-hybridized carbons (Fsp3) is 0.409. The van der Waals surface area contributed by atoms with Crippen molar-refractivity contribution < 1.29 is 19.4 Å². The first-order valence-electron chi connectivity index (χ1n) is 9.44. The summed E-state index contributed by atoms with van der Waals surface area (Å²) in [5.41, 5.74) is 1.08. The minimum absolute atomic E-state index is 0.0492. The van der Waals surface area contributed by atoms with Gasteiger partial charge in [0.25, 0.3) is 0 Å². The molecule has 3 rings (SSSR count). The summed E-state index contributed by atoms with van der Waals surface area (Å²) in [4.78, 5) is 13.1. The van der Waals surface area contributed by atoms with E-state index in [2.05, 4.69) is 5.32 Å². The van der Waals surface area contributed by atoms with E-state index in [-0.39, 0.29) is 12.5 Å². The molecule has 1 fully saturated rings. The first kappa shape index (κ1) is 20.5. The van der Waals surface area contributed by atoms with Crippen LogP contribution in [-0.4, -0.2) is 31.8 Å². The van der Waals surface area contributed by atoms with Gasteiger partial charge in [-0.25, -0.2) is 0 Å². The molecule has 1 atom stereocenters. The van der Waals surface area contributed by atoms with E-state index in [1.807, 2.05) is 24.3 Å². The Morgan fingerprint density at radius 3 is 2.36 bits per heavy atom. The van der Waals surface area contributed by atoms with Crippen LogP contribution in [0.25, 0.3) is 0 Å². The number of carbonyl (C=O) groups is 1. The van der Waals surface area contributed by atoms with Crippen molar-refractivity contribution in [3.63, 3.8) is 0 Å². The molecule has 2 aromatic rings. The van der Waals surface area contributed by atoms with E-state index in [9.17, 15) is 9.90 Å². The second-order valence-electron chi connectivity index (χ2n) is 7.14. The van der Waals surface area contributed by atoms with E-state index in [0.717, 1.165) is 31.2 Å². The molecule has 1 amide bonds. The van der Waals surface area contributed by atoms with Gasteiger partial charge in [0.05, 0.1) is 25.7 Å². The minimum Gasteiger partial charge on any atom is -0.493 e. The SMILES string of the molecule is COc1ccc(C(O)CNC(=O)C2(c3ccc(Cl)cc3)CCCC2)cc1OC. The summed E-state index contributed by atoms with van der Waals surface area (Å²) in [5.74, 6) is 1.08. The monoisotopic (exact) mass is 403 g/mol. The summed E-state index contributed by atoms with van der Waals surface area (Å²) in [6.45, 7) is 0.129. The molecule has 6 heteroatoms. The Balaban J connectivity index is 1.72. The molecular weight excluding hydrogens is 378 g/mol. The zero-order valence-corrected chi connectivity index (χ0v) is 17.0. The number of hydrogen-bond acceptors (Lipinski definition) is 4. The topological polar surface area (TPSA) is 67.8 Å². The maximum Gasteiger partial charge on any atom is 0.230 e. The number of hydrogen-bond donors (Lipinski definition) is 2. The van der Waals surface area contributed by atoms with Gasteiger partial charge in [-0.15, -0.1) is 0 Å². The molecule has 1 aliphatic carbocycles. The average Bonchev–Trinajstić information content (AvgIpc) is 3.22. The molecule has 0 radical (unpaired) electrons. The lowest BCUT2D eigenvalue weighted by Crippen LogP contribution is -2.44. The molecule has 150 valence electrons. The van der Waals surface area contributed by atoms with E-state index >= 15 is 0 Å².